The van der Waals surface area contributed by atoms with Gasteiger partial charge in [0.05, 0.1) is 13.0 Å². The first-order valence-corrected chi connectivity index (χ1v) is 3.14. The zero-order chi connectivity index (χ0) is 8.91. The fourth-order valence-corrected chi connectivity index (χ4v) is 0.553. The molecule has 0 radical (unpaired) electrons. The molecular formula is C7H10F3N. The second-order valence-electron chi connectivity index (χ2n) is 2.31. The zero-order valence-electron chi connectivity index (χ0n) is 6.28. The van der Waals surface area contributed by atoms with Crippen molar-refractivity contribution in [3.63, 3.8) is 0 Å². The van der Waals surface area contributed by atoms with Crippen LogP contribution in [0.2, 0.25) is 0 Å². The minimum absolute atomic E-state index is 0.0340. The highest BCUT2D eigenvalue weighted by molar-refractivity contribution is 4.87. The van der Waals surface area contributed by atoms with E-state index in [0.717, 1.165) is 0 Å². The number of nitrogens with zero attached hydrogens (tertiary/aromatic N) is 1. The van der Waals surface area contributed by atoms with Gasteiger partial charge in [0.2, 0.25) is 0 Å². The van der Waals surface area contributed by atoms with Gasteiger partial charge in [0, 0.05) is 6.54 Å². The summed E-state index contributed by atoms with van der Waals surface area (Å²) in [5.74, 6) is 2.26. The van der Waals surface area contributed by atoms with Gasteiger partial charge in [0.1, 0.15) is 0 Å². The minimum Gasteiger partial charge on any atom is -0.295 e. The second-order valence-corrected chi connectivity index (χ2v) is 2.31. The molecule has 0 aliphatic carbocycles. The van der Waals surface area contributed by atoms with Crippen LogP contribution in [0.4, 0.5) is 13.2 Å². The van der Waals surface area contributed by atoms with Crippen LogP contribution in [0.25, 0.3) is 0 Å². The summed E-state index contributed by atoms with van der Waals surface area (Å²) in [5.41, 5.74) is 0. The molecule has 0 heterocycles. The Morgan fingerprint density at radius 1 is 1.45 bits per heavy atom. The summed E-state index contributed by atoms with van der Waals surface area (Å²) in [5, 5.41) is 0. The van der Waals surface area contributed by atoms with Crippen LogP contribution in [0.1, 0.15) is 6.42 Å². The molecule has 0 unspecified atom stereocenters. The number of rotatable bonds is 3. The van der Waals surface area contributed by atoms with Crippen LogP contribution in [-0.4, -0.2) is 31.2 Å². The van der Waals surface area contributed by atoms with Crippen LogP contribution in [0.3, 0.4) is 0 Å². The van der Waals surface area contributed by atoms with E-state index < -0.39 is 12.6 Å². The molecule has 0 spiro atoms. The first kappa shape index (κ1) is 10.3. The fourth-order valence-electron chi connectivity index (χ4n) is 0.553. The maximum atomic E-state index is 11.6. The maximum absolute atomic E-state index is 11.6. The molecule has 0 aliphatic rings. The predicted molar refractivity (Wildman–Crippen MR) is 37.0 cm³/mol. The van der Waals surface area contributed by atoms with Crippen molar-refractivity contribution >= 4 is 0 Å². The molecule has 0 amide bonds. The molecule has 0 rings (SSSR count). The predicted octanol–water partition coefficient (Wildman–Crippen LogP) is 1.50. The number of terminal acetylenes is 1. The lowest BCUT2D eigenvalue weighted by molar-refractivity contribution is -0.137. The van der Waals surface area contributed by atoms with Crippen molar-refractivity contribution in [3.05, 3.63) is 0 Å². The highest BCUT2D eigenvalue weighted by atomic mass is 19.4. The van der Waals surface area contributed by atoms with E-state index in [0.29, 0.717) is 0 Å². The molecule has 0 fully saturated rings. The van der Waals surface area contributed by atoms with E-state index in [1.165, 1.54) is 4.90 Å². The monoisotopic (exact) mass is 165 g/mol. The molecule has 0 aromatic rings. The van der Waals surface area contributed by atoms with Gasteiger partial charge in [0.15, 0.2) is 0 Å². The lowest BCUT2D eigenvalue weighted by Crippen LogP contribution is -2.24. The summed E-state index contributed by atoms with van der Waals surface area (Å²) < 4.78 is 34.7. The molecular weight excluding hydrogens is 155 g/mol. The summed E-state index contributed by atoms with van der Waals surface area (Å²) in [6.07, 6.45) is 0.0149. The van der Waals surface area contributed by atoms with Crippen molar-refractivity contribution in [1.82, 2.24) is 4.90 Å². The van der Waals surface area contributed by atoms with E-state index in [1.807, 2.05) is 0 Å². The van der Waals surface area contributed by atoms with Crippen LogP contribution in [0, 0.1) is 12.3 Å². The van der Waals surface area contributed by atoms with Crippen molar-refractivity contribution in [1.29, 1.82) is 0 Å². The van der Waals surface area contributed by atoms with Crippen molar-refractivity contribution in [2.75, 3.05) is 20.1 Å². The summed E-state index contributed by atoms with van der Waals surface area (Å²) in [6, 6.07) is 0. The molecule has 0 aromatic heterocycles. The van der Waals surface area contributed by atoms with Gasteiger partial charge in [-0.25, -0.2) is 0 Å². The Morgan fingerprint density at radius 3 is 2.36 bits per heavy atom. The average Bonchev–Trinajstić information content (AvgIpc) is 1.83. The van der Waals surface area contributed by atoms with Gasteiger partial charge in [-0.05, 0) is 7.05 Å². The largest absolute Gasteiger partial charge is 0.390 e. The maximum Gasteiger partial charge on any atom is 0.390 e. The molecule has 0 N–H and O–H groups in total. The Balaban J connectivity index is 3.48. The Labute approximate surface area is 64.2 Å². The van der Waals surface area contributed by atoms with Gasteiger partial charge in [-0.1, -0.05) is 5.92 Å². The topological polar surface area (TPSA) is 3.24 Å². The molecule has 64 valence electrons. The van der Waals surface area contributed by atoms with E-state index in [2.05, 4.69) is 5.92 Å². The van der Waals surface area contributed by atoms with Gasteiger partial charge >= 0.3 is 6.18 Å². The Hall–Kier alpha value is -0.690. The van der Waals surface area contributed by atoms with Crippen molar-refractivity contribution in [2.45, 2.75) is 12.6 Å². The second kappa shape index (κ2) is 4.24. The van der Waals surface area contributed by atoms with E-state index in [9.17, 15) is 13.2 Å². The Kier molecular flexibility index (Phi) is 3.98. The Morgan fingerprint density at radius 2 is 2.00 bits per heavy atom. The SMILES string of the molecule is C#CCN(C)CCC(F)(F)F. The molecule has 0 bridgehead atoms. The first-order chi connectivity index (χ1) is 4.95. The smallest absolute Gasteiger partial charge is 0.295 e. The molecule has 0 saturated carbocycles. The van der Waals surface area contributed by atoms with Crippen LogP contribution in [-0.2, 0) is 0 Å². The van der Waals surface area contributed by atoms with Crippen LogP contribution in [0.5, 0.6) is 0 Å². The number of halogens is 3. The fraction of sp³-hybridized carbons (Fsp3) is 0.714. The summed E-state index contributed by atoms with van der Waals surface area (Å²) in [6.45, 7) is 0.226. The zero-order valence-corrected chi connectivity index (χ0v) is 6.28. The van der Waals surface area contributed by atoms with Gasteiger partial charge in [-0.2, -0.15) is 13.2 Å². The van der Waals surface area contributed by atoms with E-state index in [-0.39, 0.29) is 13.1 Å². The molecule has 11 heavy (non-hydrogen) atoms. The van der Waals surface area contributed by atoms with Gasteiger partial charge in [-0.3, -0.25) is 4.90 Å². The average molecular weight is 165 g/mol. The van der Waals surface area contributed by atoms with Crippen molar-refractivity contribution < 1.29 is 13.2 Å². The van der Waals surface area contributed by atoms with Gasteiger partial charge in [0.25, 0.3) is 0 Å². The van der Waals surface area contributed by atoms with Gasteiger partial charge < -0.3 is 0 Å². The van der Waals surface area contributed by atoms with E-state index in [1.54, 1.807) is 7.05 Å². The van der Waals surface area contributed by atoms with Crippen molar-refractivity contribution in [2.24, 2.45) is 0 Å². The highest BCUT2D eigenvalue weighted by Crippen LogP contribution is 2.19. The molecule has 4 heteroatoms. The summed E-state index contributed by atoms with van der Waals surface area (Å²) in [4.78, 5) is 1.45. The molecule has 0 aromatic carbocycles. The third kappa shape index (κ3) is 7.20. The Bertz CT molecular complexity index is 145. The molecule has 1 nitrogen and oxygen atoms in total. The third-order valence-electron chi connectivity index (χ3n) is 1.14. The highest BCUT2D eigenvalue weighted by Gasteiger charge is 2.26. The van der Waals surface area contributed by atoms with Crippen molar-refractivity contribution in [3.8, 4) is 12.3 Å². The summed E-state index contributed by atoms with van der Waals surface area (Å²) in [7, 11) is 1.56. The van der Waals surface area contributed by atoms with Crippen LogP contribution >= 0.6 is 0 Å². The number of hydrogen-bond acceptors (Lipinski definition) is 1. The third-order valence-corrected chi connectivity index (χ3v) is 1.14. The number of alkyl halides is 3. The normalized spacial score (nSPS) is 11.6. The number of hydrogen-bond donors (Lipinski definition) is 0. The lowest BCUT2D eigenvalue weighted by atomic mass is 10.4. The molecule has 0 aliphatic heterocycles. The standard InChI is InChI=1S/C7H10F3N/c1-3-5-11(2)6-4-7(8,9)10/h1H,4-6H2,2H3. The molecule has 0 saturated heterocycles. The first-order valence-electron chi connectivity index (χ1n) is 3.14. The quantitative estimate of drug-likeness (QED) is 0.573. The van der Waals surface area contributed by atoms with Gasteiger partial charge in [-0.15, -0.1) is 6.42 Å². The van der Waals surface area contributed by atoms with Crippen LogP contribution in [0.15, 0.2) is 0 Å². The molecule has 0 atom stereocenters. The summed E-state index contributed by atoms with van der Waals surface area (Å²) >= 11 is 0. The van der Waals surface area contributed by atoms with E-state index in [4.69, 9.17) is 6.42 Å². The minimum atomic E-state index is -4.08. The van der Waals surface area contributed by atoms with E-state index >= 15 is 0 Å². The lowest BCUT2D eigenvalue weighted by Gasteiger charge is -2.13. The van der Waals surface area contributed by atoms with Crippen LogP contribution < -0.4 is 0 Å².